The average Bonchev–Trinajstić information content (AvgIpc) is 3.05. The molecule has 0 aliphatic heterocycles. The molecular weight excluding hydrogens is 560 g/mol. The topological polar surface area (TPSA) is 121 Å². The van der Waals surface area contributed by atoms with E-state index in [1.165, 1.54) is 4.57 Å². The van der Waals surface area contributed by atoms with E-state index in [0.29, 0.717) is 52.2 Å². The normalized spacial score (nSPS) is 10.8. The van der Waals surface area contributed by atoms with Crippen LogP contribution in [0.15, 0.2) is 107 Å². The lowest BCUT2D eigenvalue weighted by atomic mass is 10.1. The number of amides is 2. The van der Waals surface area contributed by atoms with E-state index in [2.05, 4.69) is 10.6 Å². The van der Waals surface area contributed by atoms with E-state index in [1.54, 1.807) is 87.0 Å². The number of ether oxygens (including phenoxy) is 2. The molecule has 0 bridgehead atoms. The van der Waals surface area contributed by atoms with E-state index < -0.39 is 17.2 Å². The number of carbonyl (C=O) groups is 2. The predicted octanol–water partition coefficient (Wildman–Crippen LogP) is 3.84. The van der Waals surface area contributed by atoms with Crippen molar-refractivity contribution in [3.8, 4) is 11.5 Å². The molecular formula is C34H32N4O6. The summed E-state index contributed by atoms with van der Waals surface area (Å²) in [4.78, 5) is 52.5. The van der Waals surface area contributed by atoms with Crippen LogP contribution in [0.25, 0.3) is 10.9 Å². The van der Waals surface area contributed by atoms with Crippen LogP contribution in [0, 0.1) is 0 Å². The Hall–Kier alpha value is -5.64. The van der Waals surface area contributed by atoms with E-state index in [-0.39, 0.29) is 19.0 Å². The van der Waals surface area contributed by atoms with Crippen molar-refractivity contribution in [2.24, 2.45) is 0 Å². The van der Waals surface area contributed by atoms with Crippen molar-refractivity contribution in [1.82, 2.24) is 14.5 Å². The number of benzene rings is 4. The summed E-state index contributed by atoms with van der Waals surface area (Å²) < 4.78 is 13.0. The molecule has 44 heavy (non-hydrogen) atoms. The summed E-state index contributed by atoms with van der Waals surface area (Å²) in [7, 11) is 3.15. The van der Waals surface area contributed by atoms with Gasteiger partial charge in [-0.1, -0.05) is 48.5 Å². The number of methoxy groups -OCH3 is 2. The summed E-state index contributed by atoms with van der Waals surface area (Å²) in [5.74, 6) is 0.625. The maximum atomic E-state index is 13.5. The van der Waals surface area contributed by atoms with Crippen molar-refractivity contribution in [3.05, 3.63) is 135 Å². The standard InChI is InChI=1S/C34H32N4O6/c1-43-29-17-14-23(20-30(29)44-2)18-19-35-32(40)25-15-12-24(13-16-25)21-38-33(41)27-10-6-7-11-28(27)37(34(38)42)22-31(39)36-26-8-4-3-5-9-26/h3-17,20H,18-19,21-22H2,1-2H3,(H,35,40)(H,36,39). The Balaban J connectivity index is 1.29. The van der Waals surface area contributed by atoms with Gasteiger partial charge in [0.05, 0.1) is 31.7 Å². The minimum Gasteiger partial charge on any atom is -0.493 e. The Kier molecular flexibility index (Phi) is 9.19. The van der Waals surface area contributed by atoms with Crippen LogP contribution < -0.4 is 31.4 Å². The summed E-state index contributed by atoms with van der Waals surface area (Å²) in [6.45, 7) is 0.126. The first kappa shape index (κ1) is 29.8. The van der Waals surface area contributed by atoms with Crippen molar-refractivity contribution >= 4 is 28.4 Å². The molecule has 4 aromatic carbocycles. The van der Waals surface area contributed by atoms with Gasteiger partial charge in [-0.2, -0.15) is 0 Å². The second kappa shape index (κ2) is 13.6. The van der Waals surface area contributed by atoms with Crippen molar-refractivity contribution in [3.63, 3.8) is 0 Å². The highest BCUT2D eigenvalue weighted by molar-refractivity contribution is 5.94. The number of para-hydroxylation sites is 2. The van der Waals surface area contributed by atoms with Crippen LogP contribution in [0.2, 0.25) is 0 Å². The Morgan fingerprint density at radius 2 is 1.43 bits per heavy atom. The third-order valence-electron chi connectivity index (χ3n) is 7.20. The molecule has 5 aromatic rings. The number of nitrogens with one attached hydrogen (secondary N) is 2. The van der Waals surface area contributed by atoms with Crippen molar-refractivity contribution in [2.45, 2.75) is 19.5 Å². The van der Waals surface area contributed by atoms with Gasteiger partial charge in [-0.15, -0.1) is 0 Å². The van der Waals surface area contributed by atoms with Crippen LogP contribution in [-0.4, -0.2) is 41.7 Å². The van der Waals surface area contributed by atoms with Crippen LogP contribution in [0.1, 0.15) is 21.5 Å². The van der Waals surface area contributed by atoms with Gasteiger partial charge in [-0.25, -0.2) is 4.79 Å². The third kappa shape index (κ3) is 6.70. The molecule has 0 unspecified atom stereocenters. The highest BCUT2D eigenvalue weighted by Crippen LogP contribution is 2.27. The minimum atomic E-state index is -0.603. The number of carbonyl (C=O) groups excluding carboxylic acids is 2. The maximum absolute atomic E-state index is 13.5. The van der Waals surface area contributed by atoms with Crippen molar-refractivity contribution in [1.29, 1.82) is 0 Å². The number of hydrogen-bond acceptors (Lipinski definition) is 6. The first-order valence-electron chi connectivity index (χ1n) is 14.0. The lowest BCUT2D eigenvalue weighted by molar-refractivity contribution is -0.116. The summed E-state index contributed by atoms with van der Waals surface area (Å²) in [5.41, 5.74) is 2.01. The number of aromatic nitrogens is 2. The summed E-state index contributed by atoms with van der Waals surface area (Å²) in [5, 5.41) is 6.01. The monoisotopic (exact) mass is 592 g/mol. The van der Waals surface area contributed by atoms with Gasteiger partial charge in [0.2, 0.25) is 5.91 Å². The number of nitrogens with zero attached hydrogens (tertiary/aromatic N) is 2. The quantitative estimate of drug-likeness (QED) is 0.241. The Morgan fingerprint density at radius 3 is 2.16 bits per heavy atom. The van der Waals surface area contributed by atoms with Gasteiger partial charge in [0.15, 0.2) is 11.5 Å². The fourth-order valence-electron chi connectivity index (χ4n) is 4.93. The first-order valence-corrected chi connectivity index (χ1v) is 14.0. The number of anilines is 1. The summed E-state index contributed by atoms with van der Waals surface area (Å²) in [6.07, 6.45) is 0.602. The molecule has 224 valence electrons. The second-order valence-corrected chi connectivity index (χ2v) is 10.1. The molecule has 0 saturated heterocycles. The van der Waals surface area contributed by atoms with Gasteiger partial charge in [-0.05, 0) is 66.1 Å². The lowest BCUT2D eigenvalue weighted by Crippen LogP contribution is -2.42. The Bertz CT molecular complexity index is 1910. The Morgan fingerprint density at radius 1 is 0.750 bits per heavy atom. The lowest BCUT2D eigenvalue weighted by Gasteiger charge is -2.14. The van der Waals surface area contributed by atoms with Gasteiger partial charge in [-0.3, -0.25) is 23.5 Å². The van der Waals surface area contributed by atoms with Gasteiger partial charge in [0.25, 0.3) is 11.5 Å². The van der Waals surface area contributed by atoms with Crippen molar-refractivity contribution in [2.75, 3.05) is 26.1 Å². The van der Waals surface area contributed by atoms with E-state index in [9.17, 15) is 19.2 Å². The molecule has 1 heterocycles. The molecule has 2 N–H and O–H groups in total. The third-order valence-corrected chi connectivity index (χ3v) is 7.20. The minimum absolute atomic E-state index is 0.0238. The van der Waals surface area contributed by atoms with Crippen LogP contribution in [0.5, 0.6) is 11.5 Å². The van der Waals surface area contributed by atoms with Gasteiger partial charge in [0.1, 0.15) is 6.54 Å². The zero-order valence-corrected chi connectivity index (χ0v) is 24.4. The molecule has 1 aromatic heterocycles. The zero-order valence-electron chi connectivity index (χ0n) is 24.4. The molecule has 0 radical (unpaired) electrons. The zero-order chi connectivity index (χ0) is 31.1. The summed E-state index contributed by atoms with van der Waals surface area (Å²) >= 11 is 0. The molecule has 10 nitrogen and oxygen atoms in total. The molecule has 0 fully saturated rings. The first-order chi connectivity index (χ1) is 21.4. The second-order valence-electron chi connectivity index (χ2n) is 10.1. The molecule has 10 heteroatoms. The predicted molar refractivity (Wildman–Crippen MR) is 169 cm³/mol. The maximum Gasteiger partial charge on any atom is 0.332 e. The van der Waals surface area contributed by atoms with Crippen LogP contribution in [-0.2, 0) is 24.3 Å². The smallest absolute Gasteiger partial charge is 0.332 e. The van der Waals surface area contributed by atoms with Crippen molar-refractivity contribution < 1.29 is 19.1 Å². The number of rotatable bonds is 11. The molecule has 0 atom stereocenters. The number of hydrogen-bond donors (Lipinski definition) is 2. The van der Waals surface area contributed by atoms with Crippen LogP contribution in [0.3, 0.4) is 0 Å². The van der Waals surface area contributed by atoms with Gasteiger partial charge in [0, 0.05) is 17.8 Å². The molecule has 0 saturated carbocycles. The van der Waals surface area contributed by atoms with Crippen LogP contribution in [0.4, 0.5) is 5.69 Å². The van der Waals surface area contributed by atoms with E-state index in [0.717, 1.165) is 10.1 Å². The van der Waals surface area contributed by atoms with Crippen LogP contribution >= 0.6 is 0 Å². The fourth-order valence-corrected chi connectivity index (χ4v) is 4.93. The molecule has 5 rings (SSSR count). The molecule has 0 aliphatic carbocycles. The SMILES string of the molecule is COc1ccc(CCNC(=O)c2ccc(Cn3c(=O)c4ccccc4n(CC(=O)Nc4ccccc4)c3=O)cc2)cc1OC. The fraction of sp³-hybridized carbons (Fsp3) is 0.176. The molecule has 0 spiro atoms. The largest absolute Gasteiger partial charge is 0.493 e. The van der Waals surface area contributed by atoms with Gasteiger partial charge < -0.3 is 20.1 Å². The van der Waals surface area contributed by atoms with E-state index >= 15 is 0 Å². The Labute approximate surface area is 253 Å². The summed E-state index contributed by atoms with van der Waals surface area (Å²) in [6, 6.07) is 28.0. The number of fused-ring (bicyclic) bond motifs is 1. The van der Waals surface area contributed by atoms with E-state index in [1.807, 2.05) is 24.3 Å². The highest BCUT2D eigenvalue weighted by Gasteiger charge is 2.16. The van der Waals surface area contributed by atoms with E-state index in [4.69, 9.17) is 9.47 Å². The average molecular weight is 593 g/mol. The van der Waals surface area contributed by atoms with Gasteiger partial charge >= 0.3 is 5.69 Å². The molecule has 0 aliphatic rings. The highest BCUT2D eigenvalue weighted by atomic mass is 16.5. The molecule has 2 amide bonds.